The van der Waals surface area contributed by atoms with Crippen LogP contribution in [0.15, 0.2) is 30.5 Å². The summed E-state index contributed by atoms with van der Waals surface area (Å²) in [7, 11) is 0. The van der Waals surface area contributed by atoms with Crippen molar-refractivity contribution >= 4 is 53.2 Å². The predicted octanol–water partition coefficient (Wildman–Crippen LogP) is -2.03. The smallest absolute Gasteiger partial charge is 0.328 e. The van der Waals surface area contributed by atoms with Crippen molar-refractivity contribution in [2.75, 3.05) is 12.4 Å². The van der Waals surface area contributed by atoms with Crippen molar-refractivity contribution in [1.82, 2.24) is 20.9 Å². The Morgan fingerprint density at radius 1 is 0.943 bits per heavy atom. The van der Waals surface area contributed by atoms with E-state index in [4.69, 9.17) is 21.1 Å². The number of nitrogens with one attached hydrogen (secondary N) is 4. The molecule has 0 radical (unpaired) electrons. The van der Waals surface area contributed by atoms with Crippen LogP contribution >= 0.6 is 12.6 Å². The van der Waals surface area contributed by atoms with Gasteiger partial charge in [-0.1, -0.05) is 18.2 Å². The van der Waals surface area contributed by atoms with E-state index in [0.717, 1.165) is 16.5 Å². The number of nitrogens with two attached hydrogens (primary N) is 1. The van der Waals surface area contributed by atoms with Crippen LogP contribution in [0.4, 0.5) is 0 Å². The summed E-state index contributed by atoms with van der Waals surface area (Å²) < 4.78 is 0. The molecule has 13 nitrogen and oxygen atoms in total. The van der Waals surface area contributed by atoms with Crippen molar-refractivity contribution in [3.05, 3.63) is 36.0 Å². The van der Waals surface area contributed by atoms with Crippen LogP contribution in [0, 0.1) is 0 Å². The topological polar surface area (TPSA) is 224 Å². The Morgan fingerprint density at radius 3 is 2.14 bits per heavy atom. The Hall–Kier alpha value is -3.62. The highest BCUT2D eigenvalue weighted by Crippen LogP contribution is 2.18. The molecule has 0 saturated heterocycles. The minimum atomic E-state index is -1.61. The van der Waals surface area contributed by atoms with Gasteiger partial charge in [0, 0.05) is 22.9 Å². The highest BCUT2D eigenvalue weighted by atomic mass is 32.1. The number of aliphatic hydroxyl groups is 1. The van der Waals surface area contributed by atoms with Gasteiger partial charge in [-0.15, -0.1) is 0 Å². The van der Waals surface area contributed by atoms with Gasteiger partial charge < -0.3 is 42.0 Å². The predicted molar refractivity (Wildman–Crippen MR) is 127 cm³/mol. The maximum Gasteiger partial charge on any atom is 0.328 e. The molecule has 0 aliphatic heterocycles. The van der Waals surface area contributed by atoms with Crippen molar-refractivity contribution in [3.63, 3.8) is 0 Å². The number of H-pyrrole nitrogens is 1. The van der Waals surface area contributed by atoms with Crippen LogP contribution in [0.1, 0.15) is 12.0 Å². The van der Waals surface area contributed by atoms with Crippen LogP contribution in [0.5, 0.6) is 0 Å². The molecule has 4 atom stereocenters. The molecule has 14 heteroatoms. The highest BCUT2D eigenvalue weighted by Gasteiger charge is 2.31. The molecule has 0 bridgehead atoms. The first kappa shape index (κ1) is 27.6. The maximum absolute atomic E-state index is 12.7. The van der Waals surface area contributed by atoms with Gasteiger partial charge in [-0.2, -0.15) is 12.6 Å². The molecule has 2 rings (SSSR count). The lowest BCUT2D eigenvalue weighted by atomic mass is 10.0. The number of benzene rings is 1. The molecule has 3 amide bonds. The number of aromatic nitrogens is 1. The first-order valence-corrected chi connectivity index (χ1v) is 11.1. The summed E-state index contributed by atoms with van der Waals surface area (Å²) in [6.45, 7) is -0.889. The van der Waals surface area contributed by atoms with Gasteiger partial charge in [-0.3, -0.25) is 19.2 Å². The van der Waals surface area contributed by atoms with Crippen LogP contribution in [0.3, 0.4) is 0 Å². The number of aromatic amines is 1. The number of aliphatic carboxylic acids is 2. The van der Waals surface area contributed by atoms with E-state index < -0.39 is 66.9 Å². The van der Waals surface area contributed by atoms with E-state index in [1.807, 2.05) is 29.6 Å². The zero-order valence-electron chi connectivity index (χ0n) is 18.4. The number of rotatable bonds is 13. The van der Waals surface area contributed by atoms with E-state index in [9.17, 15) is 24.0 Å². The molecule has 1 aromatic heterocycles. The van der Waals surface area contributed by atoms with Gasteiger partial charge >= 0.3 is 11.9 Å². The van der Waals surface area contributed by atoms with E-state index >= 15 is 0 Å². The Kier molecular flexibility index (Phi) is 10.1. The lowest BCUT2D eigenvalue weighted by Crippen LogP contribution is -2.58. The molecule has 0 saturated carbocycles. The Balaban J connectivity index is 2.06. The molecule has 0 fully saturated rings. The first-order valence-electron chi connectivity index (χ1n) is 10.4. The van der Waals surface area contributed by atoms with Gasteiger partial charge in [0.2, 0.25) is 17.7 Å². The monoisotopic (exact) mass is 509 g/mol. The SMILES string of the molecule is NC(Cc1c[nH]c2ccccc12)C(=O)NC(CC(=O)O)C(=O)NC(CS)C(=O)NC(CO)C(=O)O. The molecule has 4 unspecified atom stereocenters. The number of amides is 3. The van der Waals surface area contributed by atoms with E-state index in [2.05, 4.69) is 28.2 Å². The second kappa shape index (κ2) is 12.7. The van der Waals surface area contributed by atoms with Crippen LogP contribution < -0.4 is 21.7 Å². The fraction of sp³-hybridized carbons (Fsp3) is 0.381. The normalized spacial score (nSPS) is 14.4. The number of carboxylic acid groups (broad SMARTS) is 2. The number of hydrogen-bond acceptors (Lipinski definition) is 8. The third-order valence-corrected chi connectivity index (χ3v) is 5.44. The molecular weight excluding hydrogens is 482 g/mol. The van der Waals surface area contributed by atoms with Crippen molar-refractivity contribution in [2.24, 2.45) is 5.73 Å². The Morgan fingerprint density at radius 2 is 1.54 bits per heavy atom. The van der Waals surface area contributed by atoms with Crippen LogP contribution in [0.25, 0.3) is 10.9 Å². The number of aliphatic hydroxyl groups excluding tert-OH is 1. The molecule has 0 aliphatic carbocycles. The second-order valence-corrected chi connectivity index (χ2v) is 8.02. The molecule has 35 heavy (non-hydrogen) atoms. The zero-order chi connectivity index (χ0) is 26.1. The third-order valence-electron chi connectivity index (χ3n) is 5.08. The number of carbonyl (C=O) groups excluding carboxylic acids is 3. The van der Waals surface area contributed by atoms with Crippen molar-refractivity contribution < 1.29 is 39.3 Å². The highest BCUT2D eigenvalue weighted by molar-refractivity contribution is 7.80. The lowest BCUT2D eigenvalue weighted by molar-refractivity contribution is -0.144. The van der Waals surface area contributed by atoms with Crippen molar-refractivity contribution in [3.8, 4) is 0 Å². The summed E-state index contributed by atoms with van der Waals surface area (Å²) in [5.41, 5.74) is 7.60. The number of carboxylic acids is 2. The second-order valence-electron chi connectivity index (χ2n) is 7.65. The van der Waals surface area contributed by atoms with Crippen LogP contribution in [-0.2, 0) is 30.4 Å². The van der Waals surface area contributed by atoms with E-state index in [1.54, 1.807) is 6.20 Å². The van der Waals surface area contributed by atoms with Crippen molar-refractivity contribution in [2.45, 2.75) is 37.0 Å². The van der Waals surface area contributed by atoms with Crippen LogP contribution in [0.2, 0.25) is 0 Å². The molecule has 1 aromatic carbocycles. The quantitative estimate of drug-likeness (QED) is 0.136. The Labute approximate surface area is 204 Å². The average molecular weight is 510 g/mol. The number of thiol groups is 1. The minimum Gasteiger partial charge on any atom is -0.481 e. The zero-order valence-corrected chi connectivity index (χ0v) is 19.3. The van der Waals surface area contributed by atoms with Gasteiger partial charge in [-0.25, -0.2) is 4.79 Å². The summed E-state index contributed by atoms with van der Waals surface area (Å²) in [4.78, 5) is 62.9. The Bertz CT molecular complexity index is 1090. The van der Waals surface area contributed by atoms with E-state index in [-0.39, 0.29) is 12.2 Å². The molecule has 190 valence electrons. The fourth-order valence-corrected chi connectivity index (χ4v) is 3.47. The number of fused-ring (bicyclic) bond motifs is 1. The third kappa shape index (κ3) is 7.70. The largest absolute Gasteiger partial charge is 0.481 e. The van der Waals surface area contributed by atoms with Crippen molar-refractivity contribution in [1.29, 1.82) is 0 Å². The van der Waals surface area contributed by atoms with E-state index in [0.29, 0.717) is 0 Å². The lowest BCUT2D eigenvalue weighted by Gasteiger charge is -2.23. The summed E-state index contributed by atoms with van der Waals surface area (Å²) in [6.07, 6.45) is 1.01. The molecular formula is C21H27N5O8S. The van der Waals surface area contributed by atoms with Gasteiger partial charge in [0.15, 0.2) is 0 Å². The molecule has 9 N–H and O–H groups in total. The van der Waals surface area contributed by atoms with Gasteiger partial charge in [0.25, 0.3) is 0 Å². The number of para-hydroxylation sites is 1. The summed E-state index contributed by atoms with van der Waals surface area (Å²) in [6, 6.07) is 1.71. The first-order chi connectivity index (χ1) is 16.6. The van der Waals surface area contributed by atoms with Gasteiger partial charge in [0.1, 0.15) is 18.1 Å². The fourth-order valence-electron chi connectivity index (χ4n) is 3.22. The summed E-state index contributed by atoms with van der Waals surface area (Å²) >= 11 is 3.94. The molecule has 2 aromatic rings. The van der Waals surface area contributed by atoms with Gasteiger partial charge in [-0.05, 0) is 18.1 Å². The molecule has 0 aliphatic rings. The minimum absolute atomic E-state index is 0.108. The molecule has 1 heterocycles. The summed E-state index contributed by atoms with van der Waals surface area (Å²) in [5.74, 6) is -5.92. The molecule has 0 spiro atoms. The maximum atomic E-state index is 12.7. The number of hydrogen-bond donors (Lipinski definition) is 9. The standard InChI is InChI=1S/C21H27N5O8S/c22-12(5-10-7-23-13-4-2-1-3-11(10)13)18(30)24-14(6-17(28)29)19(31)26-16(9-35)20(32)25-15(8-27)21(33)34/h1-4,7,12,14-16,23,27,35H,5-6,8-9,22H2,(H,24,30)(H,25,32)(H,26,31)(H,28,29)(H,33,34). The van der Waals surface area contributed by atoms with E-state index in [1.165, 1.54) is 0 Å². The number of carbonyl (C=O) groups is 5. The van der Waals surface area contributed by atoms with Gasteiger partial charge in [0.05, 0.1) is 19.1 Å². The summed E-state index contributed by atoms with van der Waals surface area (Å²) in [5, 5.41) is 34.6. The van der Waals surface area contributed by atoms with Crippen LogP contribution in [-0.4, -0.2) is 86.5 Å². The average Bonchev–Trinajstić information content (AvgIpc) is 3.22.